The molecule has 0 aliphatic rings. The average Bonchev–Trinajstić information content (AvgIpc) is 3.03. The summed E-state index contributed by atoms with van der Waals surface area (Å²) in [6, 6.07) is 23.4. The monoisotopic (exact) mass is 586 g/mol. The predicted octanol–water partition coefficient (Wildman–Crippen LogP) is 4.47. The molecule has 0 unspecified atom stereocenters. The zero-order valence-electron chi connectivity index (χ0n) is 23.7. The minimum absolute atomic E-state index is 0.223. The van der Waals surface area contributed by atoms with Crippen LogP contribution in [0.5, 0.6) is 0 Å². The smallest absolute Gasteiger partial charge is 0.337 e. The minimum Gasteiger partial charge on any atom is -0.465 e. The minimum atomic E-state index is -1.23. The van der Waals surface area contributed by atoms with Gasteiger partial charge in [-0.2, -0.15) is 0 Å². The van der Waals surface area contributed by atoms with Crippen LogP contribution < -0.4 is 16.2 Å². The van der Waals surface area contributed by atoms with Gasteiger partial charge >= 0.3 is 5.97 Å². The summed E-state index contributed by atoms with van der Waals surface area (Å²) in [6.45, 7) is 2.91. The number of aromatic nitrogens is 2. The molecule has 1 heterocycles. The Morgan fingerprint density at radius 2 is 1.48 bits per heavy atom. The second kappa shape index (κ2) is 15.0. The lowest BCUT2D eigenvalue weighted by molar-refractivity contribution is -0.128. The summed E-state index contributed by atoms with van der Waals surface area (Å²) < 4.78 is 6.34. The van der Waals surface area contributed by atoms with Gasteiger partial charge in [-0.25, -0.2) is 9.78 Å². The largest absolute Gasteiger partial charge is 0.465 e. The molecule has 0 saturated carbocycles. The zero-order chi connectivity index (χ0) is 29.9. The van der Waals surface area contributed by atoms with E-state index in [2.05, 4.69) is 17.6 Å². The number of esters is 1. The molecular formula is C32H34N4O5S. The Hall–Kier alpha value is -4.44. The van der Waals surface area contributed by atoms with E-state index >= 15 is 0 Å². The maximum atomic E-state index is 13.6. The molecule has 1 aromatic heterocycles. The first kappa shape index (κ1) is 30.5. The van der Waals surface area contributed by atoms with Gasteiger partial charge in [-0.05, 0) is 35.7 Å². The molecule has 2 amide bonds. The topological polar surface area (TPSA) is 119 Å². The van der Waals surface area contributed by atoms with Gasteiger partial charge in [-0.15, -0.1) is 0 Å². The van der Waals surface area contributed by atoms with Crippen LogP contribution >= 0.6 is 11.8 Å². The molecule has 4 aromatic rings. The van der Waals surface area contributed by atoms with E-state index in [0.29, 0.717) is 11.9 Å². The van der Waals surface area contributed by atoms with E-state index in [-0.39, 0.29) is 34.9 Å². The van der Waals surface area contributed by atoms with Gasteiger partial charge in [-0.1, -0.05) is 92.2 Å². The van der Waals surface area contributed by atoms with Crippen LogP contribution in [0.1, 0.15) is 47.7 Å². The third-order valence-electron chi connectivity index (χ3n) is 6.65. The predicted molar refractivity (Wildman–Crippen MR) is 163 cm³/mol. The molecule has 10 heteroatoms. The number of fused-ring (bicyclic) bond motifs is 1. The van der Waals surface area contributed by atoms with Crippen LogP contribution in [0.3, 0.4) is 0 Å². The number of methoxy groups -OCH3 is 1. The number of unbranched alkanes of at least 4 members (excludes halogenated alkanes) is 2. The highest BCUT2D eigenvalue weighted by molar-refractivity contribution is 8.01. The first-order valence-corrected chi connectivity index (χ1v) is 14.7. The third kappa shape index (κ3) is 7.85. The van der Waals surface area contributed by atoms with E-state index in [4.69, 9.17) is 9.72 Å². The molecule has 0 spiro atoms. The Morgan fingerprint density at radius 1 is 0.881 bits per heavy atom. The number of thioether (sulfide) groups is 1. The third-order valence-corrected chi connectivity index (χ3v) is 7.83. The van der Waals surface area contributed by atoms with Crippen molar-refractivity contribution in [3.63, 3.8) is 0 Å². The molecule has 0 bridgehead atoms. The Morgan fingerprint density at radius 3 is 2.02 bits per heavy atom. The second-order valence-electron chi connectivity index (χ2n) is 9.69. The quantitative estimate of drug-likeness (QED) is 0.0780. The molecule has 3 aromatic carbocycles. The molecule has 0 aliphatic carbocycles. The Balaban J connectivity index is 1.70. The van der Waals surface area contributed by atoms with E-state index < -0.39 is 23.0 Å². The fourth-order valence-corrected chi connectivity index (χ4v) is 5.38. The summed E-state index contributed by atoms with van der Waals surface area (Å²) in [5.41, 5.74) is 1.99. The molecule has 218 valence electrons. The van der Waals surface area contributed by atoms with Crippen molar-refractivity contribution in [3.05, 3.63) is 106 Å². The zero-order valence-corrected chi connectivity index (χ0v) is 24.5. The number of amides is 2. The van der Waals surface area contributed by atoms with Crippen molar-refractivity contribution in [2.75, 3.05) is 7.11 Å². The van der Waals surface area contributed by atoms with Gasteiger partial charge in [0.05, 0.1) is 23.6 Å². The van der Waals surface area contributed by atoms with E-state index in [9.17, 15) is 19.2 Å². The first-order valence-electron chi connectivity index (χ1n) is 13.8. The molecule has 0 atom stereocenters. The molecule has 4 rings (SSSR count). The fraction of sp³-hybridized carbons (Fsp3) is 0.281. The second-order valence-corrected chi connectivity index (χ2v) is 10.8. The van der Waals surface area contributed by atoms with Crippen LogP contribution in [-0.2, 0) is 34.0 Å². The number of ether oxygens (including phenoxy) is 1. The van der Waals surface area contributed by atoms with Crippen molar-refractivity contribution in [1.29, 1.82) is 0 Å². The number of rotatable bonds is 13. The van der Waals surface area contributed by atoms with Gasteiger partial charge in [0, 0.05) is 19.6 Å². The molecule has 0 aliphatic heterocycles. The average molecular weight is 587 g/mol. The summed E-state index contributed by atoms with van der Waals surface area (Å²) >= 11 is 0.920. The number of nitrogens with one attached hydrogen (secondary N) is 2. The lowest BCUT2D eigenvalue weighted by atomic mass is 10.1. The summed E-state index contributed by atoms with van der Waals surface area (Å²) in [5, 5.41) is 5.04. The van der Waals surface area contributed by atoms with Gasteiger partial charge in [0.25, 0.3) is 5.56 Å². The fourth-order valence-electron chi connectivity index (χ4n) is 4.34. The van der Waals surface area contributed by atoms with Crippen LogP contribution in [0.25, 0.3) is 10.9 Å². The standard InChI is InChI=1S/C32H34N4O5S/c1-3-4-11-18-36-30(39)25-17-16-24(31(40)41-2)19-26(25)35-32(36)42-27(28(37)33-20-22-12-7-5-8-13-22)29(38)34-21-23-14-9-6-10-15-23/h5-10,12-17,19,27H,3-4,11,18,20-21H2,1-2H3,(H,33,37)(H,34,38). The van der Waals surface area contributed by atoms with Crippen LogP contribution in [0.4, 0.5) is 0 Å². The Kier molecular flexibility index (Phi) is 10.9. The van der Waals surface area contributed by atoms with Gasteiger partial charge in [0.2, 0.25) is 11.8 Å². The van der Waals surface area contributed by atoms with Crippen LogP contribution in [0.15, 0.2) is 88.8 Å². The molecule has 0 radical (unpaired) electrons. The van der Waals surface area contributed by atoms with Gasteiger partial charge < -0.3 is 15.4 Å². The summed E-state index contributed by atoms with van der Waals surface area (Å²) in [5.74, 6) is -1.57. The van der Waals surface area contributed by atoms with Crippen LogP contribution in [0, 0.1) is 0 Å². The number of benzene rings is 3. The number of hydrogen-bond acceptors (Lipinski definition) is 7. The van der Waals surface area contributed by atoms with Crippen molar-refractivity contribution in [2.24, 2.45) is 0 Å². The highest BCUT2D eigenvalue weighted by Gasteiger charge is 2.30. The molecule has 42 heavy (non-hydrogen) atoms. The number of hydrogen-bond donors (Lipinski definition) is 2. The highest BCUT2D eigenvalue weighted by atomic mass is 32.2. The number of nitrogens with zero attached hydrogens (tertiary/aromatic N) is 2. The molecule has 2 N–H and O–H groups in total. The van der Waals surface area contributed by atoms with Crippen molar-refractivity contribution in [1.82, 2.24) is 20.2 Å². The first-order chi connectivity index (χ1) is 20.4. The van der Waals surface area contributed by atoms with E-state index in [1.165, 1.54) is 23.8 Å². The SMILES string of the molecule is CCCCCn1c(SC(C(=O)NCc2ccccc2)C(=O)NCc2ccccc2)nc2cc(C(=O)OC)ccc2c1=O. The van der Waals surface area contributed by atoms with E-state index in [1.807, 2.05) is 60.7 Å². The maximum Gasteiger partial charge on any atom is 0.337 e. The van der Waals surface area contributed by atoms with E-state index in [1.54, 1.807) is 6.07 Å². The van der Waals surface area contributed by atoms with E-state index in [0.717, 1.165) is 42.2 Å². The molecular weight excluding hydrogens is 552 g/mol. The lowest BCUT2D eigenvalue weighted by Gasteiger charge is -2.19. The molecule has 9 nitrogen and oxygen atoms in total. The summed E-state index contributed by atoms with van der Waals surface area (Å²) in [7, 11) is 1.28. The normalized spacial score (nSPS) is 10.9. The lowest BCUT2D eigenvalue weighted by Crippen LogP contribution is -2.43. The maximum absolute atomic E-state index is 13.6. The van der Waals surface area contributed by atoms with Gasteiger partial charge in [-0.3, -0.25) is 19.0 Å². The van der Waals surface area contributed by atoms with Crippen LogP contribution in [0.2, 0.25) is 0 Å². The highest BCUT2D eigenvalue weighted by Crippen LogP contribution is 2.25. The van der Waals surface area contributed by atoms with Crippen molar-refractivity contribution in [2.45, 2.75) is 56.2 Å². The summed E-state index contributed by atoms with van der Waals surface area (Å²) in [6.07, 6.45) is 2.57. The van der Waals surface area contributed by atoms with Crippen molar-refractivity contribution in [3.8, 4) is 0 Å². The Bertz CT molecular complexity index is 1540. The van der Waals surface area contributed by atoms with Crippen LogP contribution in [-0.4, -0.2) is 39.7 Å². The Labute approximate surface area is 248 Å². The van der Waals surface area contributed by atoms with Crippen molar-refractivity contribution >= 4 is 40.4 Å². The molecule has 0 fully saturated rings. The molecule has 0 saturated heterocycles. The van der Waals surface area contributed by atoms with Crippen molar-refractivity contribution < 1.29 is 19.1 Å². The van der Waals surface area contributed by atoms with Gasteiger partial charge in [0.1, 0.15) is 0 Å². The number of carbonyl (C=O) groups is 3. The number of carbonyl (C=O) groups excluding carboxylic acids is 3. The van der Waals surface area contributed by atoms with Gasteiger partial charge in [0.15, 0.2) is 10.4 Å². The summed E-state index contributed by atoms with van der Waals surface area (Å²) in [4.78, 5) is 57.5.